The van der Waals surface area contributed by atoms with Gasteiger partial charge in [-0.05, 0) is 24.3 Å². The summed E-state index contributed by atoms with van der Waals surface area (Å²) in [5.74, 6) is -2.03. The van der Waals surface area contributed by atoms with Crippen LogP contribution in [0.1, 0.15) is 0 Å². The molecule has 3 aromatic rings. The highest BCUT2D eigenvalue weighted by atomic mass is 32.2. The monoisotopic (exact) mass is 505 g/mol. The molecular weight excluding hydrogens is 491 g/mol. The molecule has 0 unspecified atom stereocenters. The molecule has 33 heavy (non-hydrogen) atoms. The minimum atomic E-state index is -4.94. The van der Waals surface area contributed by atoms with Crippen LogP contribution in [0.3, 0.4) is 0 Å². The topological polar surface area (TPSA) is 146 Å². The van der Waals surface area contributed by atoms with Crippen molar-refractivity contribution in [3.63, 3.8) is 0 Å². The highest BCUT2D eigenvalue weighted by Crippen LogP contribution is 2.30. The second kappa shape index (κ2) is 8.27. The lowest BCUT2D eigenvalue weighted by Gasteiger charge is -2.38. The average Bonchev–Trinajstić information content (AvgIpc) is 3.18. The SMILES string of the molecule is O=C(O)[C@H]1CN(c2nc3nc[nH]c(=O)c3s2)CCN1S(=O)(=O)c1ccc(OC(F)(F)F)cc1. The Hall–Kier alpha value is -3.24. The molecule has 2 aromatic heterocycles. The fourth-order valence-electron chi connectivity index (χ4n) is 3.27. The fourth-order valence-corrected chi connectivity index (χ4v) is 5.78. The van der Waals surface area contributed by atoms with Crippen LogP contribution in [0.2, 0.25) is 0 Å². The molecule has 1 aromatic carbocycles. The summed E-state index contributed by atoms with van der Waals surface area (Å²) in [7, 11) is -4.35. The molecular formula is C17H14F3N5O6S2. The van der Waals surface area contributed by atoms with E-state index in [1.807, 2.05) is 0 Å². The highest BCUT2D eigenvalue weighted by Gasteiger charge is 2.41. The van der Waals surface area contributed by atoms with Gasteiger partial charge in [0.05, 0.1) is 11.2 Å². The van der Waals surface area contributed by atoms with Crippen molar-refractivity contribution in [2.45, 2.75) is 17.3 Å². The average molecular weight is 505 g/mol. The van der Waals surface area contributed by atoms with Crippen molar-refractivity contribution in [3.8, 4) is 5.75 Å². The van der Waals surface area contributed by atoms with Crippen LogP contribution < -0.4 is 15.2 Å². The lowest BCUT2D eigenvalue weighted by atomic mass is 10.2. The van der Waals surface area contributed by atoms with Crippen LogP contribution in [0.25, 0.3) is 10.3 Å². The number of hydrogen-bond donors (Lipinski definition) is 2. The van der Waals surface area contributed by atoms with E-state index in [4.69, 9.17) is 0 Å². The Morgan fingerprint density at radius 1 is 1.24 bits per heavy atom. The minimum absolute atomic E-state index is 0.0655. The van der Waals surface area contributed by atoms with Crippen molar-refractivity contribution in [1.82, 2.24) is 19.3 Å². The summed E-state index contributed by atoms with van der Waals surface area (Å²) in [5, 5.41) is 9.99. The number of rotatable bonds is 5. The smallest absolute Gasteiger partial charge is 0.480 e. The zero-order valence-corrected chi connectivity index (χ0v) is 17.9. The number of alkyl halides is 3. The first-order valence-corrected chi connectivity index (χ1v) is 11.4. The molecule has 0 amide bonds. The van der Waals surface area contributed by atoms with E-state index in [0.717, 1.165) is 39.9 Å². The van der Waals surface area contributed by atoms with Gasteiger partial charge >= 0.3 is 12.3 Å². The normalized spacial score (nSPS) is 17.9. The number of fused-ring (bicyclic) bond motifs is 1. The number of halogens is 3. The number of thiazole rings is 1. The molecule has 4 rings (SSSR count). The molecule has 16 heteroatoms. The molecule has 1 fully saturated rings. The number of carboxylic acids is 1. The molecule has 3 heterocycles. The van der Waals surface area contributed by atoms with Crippen LogP contribution in [-0.2, 0) is 14.8 Å². The molecule has 2 N–H and O–H groups in total. The third kappa shape index (κ3) is 4.62. The Labute approximate surface area is 187 Å². The van der Waals surface area contributed by atoms with Crippen LogP contribution >= 0.6 is 11.3 Å². The van der Waals surface area contributed by atoms with E-state index in [0.29, 0.717) is 5.13 Å². The van der Waals surface area contributed by atoms with Gasteiger partial charge in [0.1, 0.15) is 16.5 Å². The van der Waals surface area contributed by atoms with Crippen LogP contribution in [0.5, 0.6) is 5.75 Å². The van der Waals surface area contributed by atoms with Crippen molar-refractivity contribution in [3.05, 3.63) is 40.9 Å². The minimum Gasteiger partial charge on any atom is -0.480 e. The number of nitrogens with zero attached hydrogens (tertiary/aromatic N) is 4. The Bertz CT molecular complexity index is 1360. The molecule has 1 atom stereocenters. The first-order valence-electron chi connectivity index (χ1n) is 9.15. The molecule has 0 bridgehead atoms. The maximum atomic E-state index is 13.0. The Balaban J connectivity index is 1.59. The van der Waals surface area contributed by atoms with Gasteiger partial charge in [-0.15, -0.1) is 13.2 Å². The zero-order chi connectivity index (χ0) is 24.0. The van der Waals surface area contributed by atoms with Crippen molar-refractivity contribution >= 4 is 42.8 Å². The quantitative estimate of drug-likeness (QED) is 0.523. The number of piperazine rings is 1. The summed E-state index contributed by atoms with van der Waals surface area (Å²) in [5.41, 5.74) is -0.223. The maximum absolute atomic E-state index is 13.0. The molecule has 0 saturated carbocycles. The third-order valence-corrected chi connectivity index (χ3v) is 7.76. The number of aromatic amines is 1. The van der Waals surface area contributed by atoms with Crippen LogP contribution in [-0.4, -0.2) is 70.8 Å². The lowest BCUT2D eigenvalue weighted by Crippen LogP contribution is -2.58. The molecule has 1 aliphatic rings. The second-order valence-electron chi connectivity index (χ2n) is 6.82. The maximum Gasteiger partial charge on any atom is 0.573 e. The number of sulfonamides is 1. The number of aliphatic carboxylic acids is 1. The number of H-pyrrole nitrogens is 1. The molecule has 0 aliphatic carbocycles. The Morgan fingerprint density at radius 3 is 2.55 bits per heavy atom. The third-order valence-electron chi connectivity index (χ3n) is 4.74. The predicted molar refractivity (Wildman–Crippen MR) is 109 cm³/mol. The number of nitrogens with one attached hydrogen (secondary N) is 1. The van der Waals surface area contributed by atoms with E-state index in [-0.39, 0.29) is 34.9 Å². The largest absolute Gasteiger partial charge is 0.573 e. The van der Waals surface area contributed by atoms with E-state index < -0.39 is 39.7 Å². The summed E-state index contributed by atoms with van der Waals surface area (Å²) >= 11 is 0.997. The summed E-state index contributed by atoms with van der Waals surface area (Å²) < 4.78 is 67.8. The molecule has 11 nitrogen and oxygen atoms in total. The molecule has 0 radical (unpaired) electrons. The van der Waals surface area contributed by atoms with Crippen LogP contribution in [0, 0.1) is 0 Å². The summed E-state index contributed by atoms with van der Waals surface area (Å²) in [6.45, 7) is -0.433. The first-order chi connectivity index (χ1) is 15.5. The number of anilines is 1. The predicted octanol–water partition coefficient (Wildman–Crippen LogP) is 1.24. The van der Waals surface area contributed by atoms with Crippen molar-refractivity contribution in [2.75, 3.05) is 24.5 Å². The van der Waals surface area contributed by atoms with Crippen molar-refractivity contribution in [1.29, 1.82) is 0 Å². The Kier molecular flexibility index (Phi) is 5.75. The Morgan fingerprint density at radius 2 is 1.94 bits per heavy atom. The van der Waals surface area contributed by atoms with Gasteiger partial charge < -0.3 is 19.7 Å². The number of ether oxygens (including phenoxy) is 1. The summed E-state index contributed by atoms with van der Waals surface area (Å²) in [6.07, 6.45) is -3.75. The number of aromatic nitrogens is 3. The highest BCUT2D eigenvalue weighted by molar-refractivity contribution is 7.89. The number of carbonyl (C=O) groups is 1. The number of hydrogen-bond acceptors (Lipinski definition) is 9. The van der Waals surface area contributed by atoms with Gasteiger partial charge in [-0.25, -0.2) is 13.4 Å². The molecule has 0 spiro atoms. The van der Waals surface area contributed by atoms with Crippen LogP contribution in [0.15, 0.2) is 40.3 Å². The molecule has 176 valence electrons. The van der Waals surface area contributed by atoms with Gasteiger partial charge in [0.2, 0.25) is 10.0 Å². The molecule has 1 aliphatic heterocycles. The van der Waals surface area contributed by atoms with E-state index in [1.165, 1.54) is 11.2 Å². The van der Waals surface area contributed by atoms with Gasteiger partial charge in [0.15, 0.2) is 10.8 Å². The van der Waals surface area contributed by atoms with Gasteiger partial charge in [0, 0.05) is 19.6 Å². The van der Waals surface area contributed by atoms with Crippen molar-refractivity contribution < 1.29 is 36.2 Å². The number of benzene rings is 1. The fraction of sp³-hybridized carbons (Fsp3) is 0.294. The lowest BCUT2D eigenvalue weighted by molar-refractivity contribution is -0.274. The van der Waals surface area contributed by atoms with Gasteiger partial charge in [-0.1, -0.05) is 11.3 Å². The van der Waals surface area contributed by atoms with Gasteiger partial charge in [-0.2, -0.15) is 9.29 Å². The second-order valence-corrected chi connectivity index (χ2v) is 9.68. The first kappa shape index (κ1) is 22.9. The standard InChI is InChI=1S/C17H14F3N5O6S2/c18-17(19,20)31-9-1-3-10(4-2-9)33(29,30)25-6-5-24(7-11(25)15(27)28)16-23-13-12(32-16)14(26)22-8-21-13/h1-4,8,11H,5-7H2,(H,27,28)(H,21,22,26)/t11-/m1/s1. The van der Waals surface area contributed by atoms with E-state index in [1.54, 1.807) is 0 Å². The van der Waals surface area contributed by atoms with Gasteiger partial charge in [-0.3, -0.25) is 9.59 Å². The van der Waals surface area contributed by atoms with Crippen molar-refractivity contribution in [2.24, 2.45) is 0 Å². The van der Waals surface area contributed by atoms with Gasteiger partial charge in [0.25, 0.3) is 5.56 Å². The van der Waals surface area contributed by atoms with E-state index >= 15 is 0 Å². The number of carboxylic acid groups (broad SMARTS) is 1. The molecule has 1 saturated heterocycles. The summed E-state index contributed by atoms with van der Waals surface area (Å²) in [4.78, 5) is 35.5. The van der Waals surface area contributed by atoms with E-state index in [9.17, 15) is 36.3 Å². The van der Waals surface area contributed by atoms with E-state index in [2.05, 4.69) is 19.7 Å². The van der Waals surface area contributed by atoms with Crippen LogP contribution in [0.4, 0.5) is 18.3 Å². The zero-order valence-electron chi connectivity index (χ0n) is 16.3. The summed E-state index contributed by atoms with van der Waals surface area (Å²) in [6, 6.07) is 1.98.